The minimum atomic E-state index is -0.131. The number of aryl methyl sites for hydroxylation is 1. The molecule has 6 nitrogen and oxygen atoms in total. The summed E-state index contributed by atoms with van der Waals surface area (Å²) in [4.78, 5) is 14.6. The van der Waals surface area contributed by atoms with Crippen molar-refractivity contribution < 1.29 is 4.79 Å². The van der Waals surface area contributed by atoms with Gasteiger partial charge in [0.25, 0.3) is 5.91 Å². The van der Waals surface area contributed by atoms with Crippen molar-refractivity contribution in [3.63, 3.8) is 0 Å². The van der Waals surface area contributed by atoms with Gasteiger partial charge in [0.05, 0.1) is 16.4 Å². The molecular weight excluding hydrogens is 338 g/mol. The van der Waals surface area contributed by atoms with E-state index in [2.05, 4.69) is 32.5 Å². The fourth-order valence-corrected chi connectivity index (χ4v) is 3.39. The van der Waals surface area contributed by atoms with Crippen LogP contribution < -0.4 is 0 Å². The SMILES string of the molecule is Cc1[nH]nc(C(=O)N2CCc3[nH]nc(-c4ccccc4)c3CC2)c1Cl. The van der Waals surface area contributed by atoms with E-state index in [-0.39, 0.29) is 5.91 Å². The van der Waals surface area contributed by atoms with Crippen molar-refractivity contribution in [1.29, 1.82) is 0 Å². The molecular formula is C18H18ClN5O. The number of amides is 1. The lowest BCUT2D eigenvalue weighted by Gasteiger charge is -2.19. The first-order valence-electron chi connectivity index (χ1n) is 8.26. The summed E-state index contributed by atoms with van der Waals surface area (Å²) in [5, 5.41) is 14.9. The highest BCUT2D eigenvalue weighted by atomic mass is 35.5. The van der Waals surface area contributed by atoms with Gasteiger partial charge in [0.2, 0.25) is 0 Å². The van der Waals surface area contributed by atoms with Crippen LogP contribution in [-0.4, -0.2) is 44.3 Å². The first-order chi connectivity index (χ1) is 12.1. The highest BCUT2D eigenvalue weighted by Gasteiger charge is 2.26. The van der Waals surface area contributed by atoms with Gasteiger partial charge in [0.1, 0.15) is 0 Å². The molecule has 2 N–H and O–H groups in total. The van der Waals surface area contributed by atoms with Crippen LogP contribution in [0, 0.1) is 6.92 Å². The van der Waals surface area contributed by atoms with Gasteiger partial charge in [0.15, 0.2) is 5.69 Å². The summed E-state index contributed by atoms with van der Waals surface area (Å²) in [5.41, 5.74) is 5.35. The van der Waals surface area contributed by atoms with Gasteiger partial charge in [-0.3, -0.25) is 15.0 Å². The number of aromatic amines is 2. The molecule has 3 aromatic rings. The minimum Gasteiger partial charge on any atom is -0.336 e. The molecule has 1 amide bonds. The molecule has 128 valence electrons. The second-order valence-corrected chi connectivity index (χ2v) is 6.58. The van der Waals surface area contributed by atoms with Crippen LogP contribution in [0.25, 0.3) is 11.3 Å². The predicted molar refractivity (Wildman–Crippen MR) is 95.7 cm³/mol. The van der Waals surface area contributed by atoms with Crippen LogP contribution in [0.15, 0.2) is 30.3 Å². The average Bonchev–Trinajstić information content (AvgIpc) is 3.12. The topological polar surface area (TPSA) is 77.7 Å². The van der Waals surface area contributed by atoms with E-state index in [0.717, 1.165) is 29.8 Å². The first kappa shape index (κ1) is 15.9. The van der Waals surface area contributed by atoms with Crippen LogP contribution in [0.3, 0.4) is 0 Å². The summed E-state index contributed by atoms with van der Waals surface area (Å²) in [6, 6.07) is 10.1. The van der Waals surface area contributed by atoms with E-state index in [1.165, 1.54) is 5.56 Å². The molecule has 1 aliphatic rings. The summed E-state index contributed by atoms with van der Waals surface area (Å²) in [6.45, 7) is 3.04. The number of H-pyrrole nitrogens is 2. The molecule has 0 bridgehead atoms. The number of aromatic nitrogens is 4. The Kier molecular flexibility index (Phi) is 4.05. The molecule has 0 aliphatic carbocycles. The Bertz CT molecular complexity index is 915. The lowest BCUT2D eigenvalue weighted by Crippen LogP contribution is -2.33. The second-order valence-electron chi connectivity index (χ2n) is 6.20. The van der Waals surface area contributed by atoms with Gasteiger partial charge in [0, 0.05) is 36.3 Å². The van der Waals surface area contributed by atoms with E-state index >= 15 is 0 Å². The number of nitrogens with one attached hydrogen (secondary N) is 2. The Labute approximate surface area is 150 Å². The van der Waals surface area contributed by atoms with Crippen molar-refractivity contribution in [1.82, 2.24) is 25.3 Å². The van der Waals surface area contributed by atoms with Crippen molar-refractivity contribution in [2.75, 3.05) is 13.1 Å². The van der Waals surface area contributed by atoms with Crippen LogP contribution in [0.5, 0.6) is 0 Å². The van der Waals surface area contributed by atoms with Crippen molar-refractivity contribution in [3.8, 4) is 11.3 Å². The summed E-state index contributed by atoms with van der Waals surface area (Å²) < 4.78 is 0. The molecule has 25 heavy (non-hydrogen) atoms. The molecule has 3 heterocycles. The molecule has 0 saturated heterocycles. The lowest BCUT2D eigenvalue weighted by molar-refractivity contribution is 0.0757. The molecule has 4 rings (SSSR count). The Morgan fingerprint density at radius 3 is 2.60 bits per heavy atom. The quantitative estimate of drug-likeness (QED) is 0.741. The number of hydrogen-bond donors (Lipinski definition) is 2. The van der Waals surface area contributed by atoms with E-state index in [4.69, 9.17) is 11.6 Å². The molecule has 1 aliphatic heterocycles. The Balaban J connectivity index is 1.58. The maximum atomic E-state index is 12.7. The van der Waals surface area contributed by atoms with Crippen LogP contribution in [0.2, 0.25) is 5.02 Å². The largest absolute Gasteiger partial charge is 0.336 e. The highest BCUT2D eigenvalue weighted by Crippen LogP contribution is 2.27. The summed E-state index contributed by atoms with van der Waals surface area (Å²) >= 11 is 6.18. The minimum absolute atomic E-state index is 0.131. The number of nitrogens with zero attached hydrogens (tertiary/aromatic N) is 3. The number of rotatable bonds is 2. The smallest absolute Gasteiger partial charge is 0.275 e. The van der Waals surface area contributed by atoms with Crippen molar-refractivity contribution in [2.24, 2.45) is 0 Å². The Morgan fingerprint density at radius 2 is 1.88 bits per heavy atom. The van der Waals surface area contributed by atoms with Gasteiger partial charge >= 0.3 is 0 Å². The monoisotopic (exact) mass is 355 g/mol. The van der Waals surface area contributed by atoms with Crippen LogP contribution in [0.4, 0.5) is 0 Å². The number of carbonyl (C=O) groups excluding carboxylic acids is 1. The molecule has 0 atom stereocenters. The molecule has 0 spiro atoms. The van der Waals surface area contributed by atoms with E-state index in [1.807, 2.05) is 23.1 Å². The van der Waals surface area contributed by atoms with E-state index < -0.39 is 0 Å². The van der Waals surface area contributed by atoms with Crippen LogP contribution in [-0.2, 0) is 12.8 Å². The highest BCUT2D eigenvalue weighted by molar-refractivity contribution is 6.34. The fourth-order valence-electron chi connectivity index (χ4n) is 3.23. The predicted octanol–water partition coefficient (Wildman–Crippen LogP) is 3.00. The second kappa shape index (κ2) is 6.37. The van der Waals surface area contributed by atoms with Crippen molar-refractivity contribution >= 4 is 17.5 Å². The summed E-state index contributed by atoms with van der Waals surface area (Å²) in [6.07, 6.45) is 1.49. The zero-order chi connectivity index (χ0) is 17.4. The number of fused-ring (bicyclic) bond motifs is 1. The maximum Gasteiger partial charge on any atom is 0.275 e. The Morgan fingerprint density at radius 1 is 1.12 bits per heavy atom. The van der Waals surface area contributed by atoms with Gasteiger partial charge in [-0.1, -0.05) is 41.9 Å². The van der Waals surface area contributed by atoms with E-state index in [9.17, 15) is 4.79 Å². The third-order valence-electron chi connectivity index (χ3n) is 4.63. The van der Waals surface area contributed by atoms with E-state index in [1.54, 1.807) is 6.92 Å². The molecule has 2 aromatic heterocycles. The average molecular weight is 356 g/mol. The van der Waals surface area contributed by atoms with Gasteiger partial charge in [-0.15, -0.1) is 0 Å². The van der Waals surface area contributed by atoms with E-state index in [0.29, 0.717) is 29.5 Å². The standard InChI is InChI=1S/C18H18ClN5O/c1-11-15(19)17(23-20-11)18(25)24-9-7-13-14(8-10-24)21-22-16(13)12-5-3-2-4-6-12/h2-6H,7-10H2,1H3,(H,20,23)(H,21,22). The molecule has 1 aromatic carbocycles. The molecule has 0 unspecified atom stereocenters. The van der Waals surface area contributed by atoms with Crippen molar-refractivity contribution in [2.45, 2.75) is 19.8 Å². The molecule has 0 radical (unpaired) electrons. The number of halogens is 1. The van der Waals surface area contributed by atoms with Crippen LogP contribution in [0.1, 0.15) is 27.4 Å². The molecule has 7 heteroatoms. The molecule has 0 fully saturated rings. The lowest BCUT2D eigenvalue weighted by atomic mass is 10.0. The van der Waals surface area contributed by atoms with Crippen LogP contribution >= 0.6 is 11.6 Å². The third-order valence-corrected chi connectivity index (χ3v) is 5.09. The van der Waals surface area contributed by atoms with Gasteiger partial charge < -0.3 is 4.90 Å². The molecule has 0 saturated carbocycles. The number of carbonyl (C=O) groups is 1. The number of benzene rings is 1. The van der Waals surface area contributed by atoms with Gasteiger partial charge in [-0.05, 0) is 13.3 Å². The Hall–Kier alpha value is -2.60. The van der Waals surface area contributed by atoms with Gasteiger partial charge in [-0.2, -0.15) is 10.2 Å². The summed E-state index contributed by atoms with van der Waals surface area (Å²) in [7, 11) is 0. The first-order valence-corrected chi connectivity index (χ1v) is 8.64. The normalized spacial score (nSPS) is 14.2. The zero-order valence-electron chi connectivity index (χ0n) is 13.8. The van der Waals surface area contributed by atoms with Crippen molar-refractivity contribution in [3.05, 3.63) is 58.0 Å². The summed E-state index contributed by atoms with van der Waals surface area (Å²) in [5.74, 6) is -0.131. The fraction of sp³-hybridized carbons (Fsp3) is 0.278. The maximum absolute atomic E-state index is 12.7. The third kappa shape index (κ3) is 2.82. The number of hydrogen-bond acceptors (Lipinski definition) is 3. The van der Waals surface area contributed by atoms with Gasteiger partial charge in [-0.25, -0.2) is 0 Å². The zero-order valence-corrected chi connectivity index (χ0v) is 14.6.